The lowest BCUT2D eigenvalue weighted by atomic mass is 10.2. The molecule has 110 valence electrons. The minimum Gasteiger partial charge on any atom is -0.371 e. The first-order valence-electron chi connectivity index (χ1n) is 6.21. The summed E-state index contributed by atoms with van der Waals surface area (Å²) < 4.78 is 40.1. The summed E-state index contributed by atoms with van der Waals surface area (Å²) in [5, 5.41) is 4.82. The van der Waals surface area contributed by atoms with Gasteiger partial charge in [0.15, 0.2) is 5.82 Å². The van der Waals surface area contributed by atoms with Crippen molar-refractivity contribution in [3.05, 3.63) is 59.4 Å². The molecule has 0 aliphatic rings. The van der Waals surface area contributed by atoms with Crippen LogP contribution in [0.25, 0.3) is 0 Å². The van der Waals surface area contributed by atoms with Crippen LogP contribution in [0.5, 0.6) is 0 Å². The number of anilines is 2. The van der Waals surface area contributed by atoms with E-state index in [9.17, 15) is 18.0 Å². The van der Waals surface area contributed by atoms with E-state index in [1.807, 2.05) is 0 Å². The molecule has 2 aromatic rings. The molecule has 0 heterocycles. The number of benzene rings is 2. The van der Waals surface area contributed by atoms with Crippen LogP contribution in [0.1, 0.15) is 5.56 Å². The van der Waals surface area contributed by atoms with E-state index >= 15 is 0 Å². The molecule has 0 atom stereocenters. The van der Waals surface area contributed by atoms with Gasteiger partial charge in [0.25, 0.3) is 0 Å². The average molecular weight is 294 g/mol. The number of aryl methyl sites for hydroxylation is 1. The molecule has 0 aliphatic carbocycles. The highest BCUT2D eigenvalue weighted by molar-refractivity contribution is 5.93. The second-order valence-electron chi connectivity index (χ2n) is 4.47. The van der Waals surface area contributed by atoms with E-state index in [4.69, 9.17) is 0 Å². The van der Waals surface area contributed by atoms with Crippen molar-refractivity contribution in [1.29, 1.82) is 0 Å². The number of hydrogen-bond donors (Lipinski definition) is 2. The molecule has 0 aromatic heterocycles. The van der Waals surface area contributed by atoms with E-state index in [0.29, 0.717) is 0 Å². The highest BCUT2D eigenvalue weighted by atomic mass is 19.1. The summed E-state index contributed by atoms with van der Waals surface area (Å²) in [4.78, 5) is 11.7. The van der Waals surface area contributed by atoms with Crippen LogP contribution in [0.4, 0.5) is 24.5 Å². The van der Waals surface area contributed by atoms with Crippen LogP contribution in [0.3, 0.4) is 0 Å². The third kappa shape index (κ3) is 3.75. The molecule has 3 nitrogen and oxygen atoms in total. The largest absolute Gasteiger partial charge is 0.371 e. The third-order valence-electron chi connectivity index (χ3n) is 2.82. The predicted octanol–water partition coefficient (Wildman–Crippen LogP) is 3.46. The molecule has 6 heteroatoms. The maximum Gasteiger partial charge on any atom is 0.243 e. The maximum atomic E-state index is 13.7. The van der Waals surface area contributed by atoms with Gasteiger partial charge in [-0.1, -0.05) is 12.1 Å². The van der Waals surface area contributed by atoms with Gasteiger partial charge in [-0.2, -0.15) is 0 Å². The molecule has 2 aromatic carbocycles. The highest BCUT2D eigenvalue weighted by Gasteiger charge is 2.12. The summed E-state index contributed by atoms with van der Waals surface area (Å²) in [6.45, 7) is 1.15. The van der Waals surface area contributed by atoms with Gasteiger partial charge >= 0.3 is 0 Å². The molecule has 0 saturated heterocycles. The van der Waals surface area contributed by atoms with Gasteiger partial charge in [-0.3, -0.25) is 4.79 Å². The van der Waals surface area contributed by atoms with Crippen molar-refractivity contribution in [3.63, 3.8) is 0 Å². The molecule has 0 fully saturated rings. The molecule has 1 amide bonds. The highest BCUT2D eigenvalue weighted by Crippen LogP contribution is 2.21. The number of halogens is 3. The van der Waals surface area contributed by atoms with E-state index in [0.717, 1.165) is 12.1 Å². The molecule has 0 radical (unpaired) electrons. The summed E-state index contributed by atoms with van der Waals surface area (Å²) in [6, 6.07) is 7.76. The van der Waals surface area contributed by atoms with Crippen LogP contribution in [0.2, 0.25) is 0 Å². The van der Waals surface area contributed by atoms with Gasteiger partial charge < -0.3 is 10.6 Å². The van der Waals surface area contributed by atoms with E-state index in [1.54, 1.807) is 0 Å². The van der Waals surface area contributed by atoms with Gasteiger partial charge in [0.2, 0.25) is 5.91 Å². The number of nitrogens with one attached hydrogen (secondary N) is 2. The monoisotopic (exact) mass is 294 g/mol. The number of hydrogen-bond acceptors (Lipinski definition) is 2. The molecule has 21 heavy (non-hydrogen) atoms. The Morgan fingerprint density at radius 2 is 1.90 bits per heavy atom. The Bertz CT molecular complexity index is 674. The third-order valence-corrected chi connectivity index (χ3v) is 2.82. The summed E-state index contributed by atoms with van der Waals surface area (Å²) >= 11 is 0. The fourth-order valence-electron chi connectivity index (χ4n) is 1.76. The molecule has 0 unspecified atom stereocenters. The smallest absolute Gasteiger partial charge is 0.243 e. The van der Waals surface area contributed by atoms with E-state index < -0.39 is 23.4 Å². The number of carbonyl (C=O) groups excluding carboxylic acids is 1. The predicted molar refractivity (Wildman–Crippen MR) is 74.6 cm³/mol. The Morgan fingerprint density at radius 1 is 1.14 bits per heavy atom. The van der Waals surface area contributed by atoms with Crippen LogP contribution in [0, 0.1) is 24.4 Å². The lowest BCUT2D eigenvalue weighted by Gasteiger charge is -2.10. The van der Waals surface area contributed by atoms with Gasteiger partial charge in [-0.25, -0.2) is 13.2 Å². The topological polar surface area (TPSA) is 41.1 Å². The molecule has 0 aliphatic heterocycles. The quantitative estimate of drug-likeness (QED) is 0.906. The number of carbonyl (C=O) groups is 1. The van der Waals surface area contributed by atoms with Crippen molar-refractivity contribution < 1.29 is 18.0 Å². The molecule has 2 N–H and O–H groups in total. The minimum atomic E-state index is -0.781. The normalized spacial score (nSPS) is 10.3. The Kier molecular flexibility index (Phi) is 4.47. The van der Waals surface area contributed by atoms with Crippen LogP contribution in [0.15, 0.2) is 36.4 Å². The van der Waals surface area contributed by atoms with Crippen molar-refractivity contribution in [2.45, 2.75) is 6.92 Å². The van der Waals surface area contributed by atoms with Crippen molar-refractivity contribution >= 4 is 17.3 Å². The van der Waals surface area contributed by atoms with Gasteiger partial charge in [-0.15, -0.1) is 0 Å². The SMILES string of the molecule is Cc1ccc(F)c(NCC(=O)Nc2cccc(F)c2)c1F. The second-order valence-corrected chi connectivity index (χ2v) is 4.47. The standard InChI is InChI=1S/C15H13F3N2O/c1-9-5-6-12(17)15(14(9)18)19-8-13(21)20-11-4-2-3-10(16)7-11/h2-7,19H,8H2,1H3,(H,20,21). The fraction of sp³-hybridized carbons (Fsp3) is 0.133. The fourth-order valence-corrected chi connectivity index (χ4v) is 1.76. The van der Waals surface area contributed by atoms with Crippen LogP contribution in [-0.4, -0.2) is 12.5 Å². The van der Waals surface area contributed by atoms with E-state index in [2.05, 4.69) is 10.6 Å². The van der Waals surface area contributed by atoms with Crippen LogP contribution >= 0.6 is 0 Å². The number of amides is 1. The van der Waals surface area contributed by atoms with Crippen molar-refractivity contribution in [1.82, 2.24) is 0 Å². The number of rotatable bonds is 4. The Labute approximate surface area is 119 Å². The summed E-state index contributed by atoms with van der Waals surface area (Å²) in [5.74, 6) is -2.55. The average Bonchev–Trinajstić information content (AvgIpc) is 2.43. The molecular formula is C15H13F3N2O. The van der Waals surface area contributed by atoms with Gasteiger partial charge in [0.05, 0.1) is 6.54 Å². The first-order chi connectivity index (χ1) is 9.97. The zero-order chi connectivity index (χ0) is 15.4. The summed E-state index contributed by atoms with van der Waals surface area (Å²) in [5.41, 5.74) is 0.181. The molecule has 0 bridgehead atoms. The van der Waals surface area contributed by atoms with Crippen LogP contribution < -0.4 is 10.6 Å². The van der Waals surface area contributed by atoms with Crippen LogP contribution in [-0.2, 0) is 4.79 Å². The maximum absolute atomic E-state index is 13.7. The molecular weight excluding hydrogens is 281 g/mol. The Balaban J connectivity index is 2.00. The van der Waals surface area contributed by atoms with Gasteiger partial charge in [0, 0.05) is 5.69 Å². The van der Waals surface area contributed by atoms with Gasteiger partial charge in [0.1, 0.15) is 17.3 Å². The molecule has 2 rings (SSSR count). The Morgan fingerprint density at radius 3 is 2.62 bits per heavy atom. The van der Waals surface area contributed by atoms with E-state index in [-0.39, 0.29) is 23.5 Å². The Hall–Kier alpha value is -2.50. The van der Waals surface area contributed by atoms with E-state index in [1.165, 1.54) is 31.2 Å². The lowest BCUT2D eigenvalue weighted by molar-refractivity contribution is -0.114. The molecule has 0 spiro atoms. The van der Waals surface area contributed by atoms with Gasteiger partial charge in [-0.05, 0) is 36.8 Å². The zero-order valence-corrected chi connectivity index (χ0v) is 11.2. The zero-order valence-electron chi connectivity index (χ0n) is 11.2. The molecule has 0 saturated carbocycles. The van der Waals surface area contributed by atoms with Crippen molar-refractivity contribution in [2.24, 2.45) is 0 Å². The summed E-state index contributed by atoms with van der Waals surface area (Å²) in [7, 11) is 0. The second kappa shape index (κ2) is 6.30. The van der Waals surface area contributed by atoms with Crippen molar-refractivity contribution in [3.8, 4) is 0 Å². The lowest BCUT2D eigenvalue weighted by Crippen LogP contribution is -2.22. The first-order valence-corrected chi connectivity index (χ1v) is 6.21. The van der Waals surface area contributed by atoms with Crippen molar-refractivity contribution in [2.75, 3.05) is 17.2 Å². The first kappa shape index (κ1) is 14.9. The minimum absolute atomic E-state index is 0.268. The summed E-state index contributed by atoms with van der Waals surface area (Å²) in [6.07, 6.45) is 0.